The molecule has 3 nitrogen and oxygen atoms in total. The van der Waals surface area contributed by atoms with Crippen molar-refractivity contribution >= 4 is 15.9 Å². The molecule has 1 aliphatic rings. The topological polar surface area (TPSA) is 29.9 Å². The Hall–Kier alpha value is -1.13. The van der Waals surface area contributed by atoms with E-state index in [9.17, 15) is 0 Å². The Balaban J connectivity index is 1.99. The van der Waals surface area contributed by atoms with Crippen molar-refractivity contribution in [2.24, 2.45) is 0 Å². The molecule has 0 spiro atoms. The van der Waals surface area contributed by atoms with Gasteiger partial charge in [0.25, 0.3) is 0 Å². The van der Waals surface area contributed by atoms with Crippen LogP contribution < -0.4 is 5.32 Å². The summed E-state index contributed by atoms with van der Waals surface area (Å²) < 4.78 is 3.30. The first kappa shape index (κ1) is 14.8. The standard InChI is InChI=1S/C17H22BrN3/c1-4-21-15(16(18)13(3)20-21)9-17(10-19-11-17)14-7-5-6-12(2)8-14/h5-8,19H,4,9-11H2,1-3H3. The first-order valence-corrected chi connectivity index (χ1v) is 8.35. The lowest BCUT2D eigenvalue weighted by atomic mass is 9.71. The van der Waals surface area contributed by atoms with Crippen molar-refractivity contribution in [1.82, 2.24) is 15.1 Å². The van der Waals surface area contributed by atoms with Gasteiger partial charge in [-0.05, 0) is 42.3 Å². The van der Waals surface area contributed by atoms with Crippen LogP contribution in [0.3, 0.4) is 0 Å². The summed E-state index contributed by atoms with van der Waals surface area (Å²) in [7, 11) is 0. The molecule has 0 saturated carbocycles. The molecule has 2 heterocycles. The second-order valence-corrected chi connectivity index (χ2v) is 6.88. The van der Waals surface area contributed by atoms with Crippen molar-refractivity contribution in [2.75, 3.05) is 13.1 Å². The lowest BCUT2D eigenvalue weighted by Gasteiger charge is -2.43. The molecule has 1 aliphatic heterocycles. The van der Waals surface area contributed by atoms with Crippen molar-refractivity contribution in [3.63, 3.8) is 0 Å². The van der Waals surface area contributed by atoms with E-state index in [0.717, 1.165) is 31.7 Å². The van der Waals surface area contributed by atoms with Gasteiger partial charge in [0.05, 0.1) is 15.9 Å². The minimum absolute atomic E-state index is 0.202. The monoisotopic (exact) mass is 347 g/mol. The summed E-state index contributed by atoms with van der Waals surface area (Å²) in [4.78, 5) is 0. The van der Waals surface area contributed by atoms with Crippen LogP contribution in [0.4, 0.5) is 0 Å². The van der Waals surface area contributed by atoms with Gasteiger partial charge in [-0.2, -0.15) is 5.10 Å². The van der Waals surface area contributed by atoms with E-state index < -0.39 is 0 Å². The number of aryl methyl sites for hydroxylation is 3. The van der Waals surface area contributed by atoms with Gasteiger partial charge >= 0.3 is 0 Å². The lowest BCUT2D eigenvalue weighted by Crippen LogP contribution is -2.58. The van der Waals surface area contributed by atoms with E-state index in [1.807, 2.05) is 0 Å². The fourth-order valence-corrected chi connectivity index (χ4v) is 3.62. The SMILES string of the molecule is CCn1nc(C)c(Br)c1CC1(c2cccc(C)c2)CNC1. The number of nitrogens with zero attached hydrogens (tertiary/aromatic N) is 2. The molecular formula is C17H22BrN3. The van der Waals surface area contributed by atoms with E-state index in [-0.39, 0.29) is 5.41 Å². The fourth-order valence-electron chi connectivity index (χ4n) is 3.19. The normalized spacial score (nSPS) is 16.8. The first-order valence-electron chi connectivity index (χ1n) is 7.55. The molecule has 1 aromatic carbocycles. The molecule has 0 bridgehead atoms. The molecular weight excluding hydrogens is 326 g/mol. The highest BCUT2D eigenvalue weighted by Crippen LogP contribution is 2.35. The summed E-state index contributed by atoms with van der Waals surface area (Å²) in [5.74, 6) is 0. The Morgan fingerprint density at radius 2 is 2.10 bits per heavy atom. The molecule has 0 radical (unpaired) electrons. The fraction of sp³-hybridized carbons (Fsp3) is 0.471. The molecule has 1 aromatic heterocycles. The van der Waals surface area contributed by atoms with Crippen LogP contribution in [0.1, 0.15) is 29.4 Å². The first-order chi connectivity index (χ1) is 10.1. The average Bonchev–Trinajstić information content (AvgIpc) is 2.69. The zero-order chi connectivity index (χ0) is 15.0. The van der Waals surface area contributed by atoms with Crippen LogP contribution in [0.2, 0.25) is 0 Å². The van der Waals surface area contributed by atoms with Crippen LogP contribution in [0, 0.1) is 13.8 Å². The second-order valence-electron chi connectivity index (χ2n) is 6.09. The molecule has 4 heteroatoms. The second kappa shape index (κ2) is 5.58. The van der Waals surface area contributed by atoms with E-state index in [1.54, 1.807) is 0 Å². The van der Waals surface area contributed by atoms with E-state index in [0.29, 0.717) is 0 Å². The Morgan fingerprint density at radius 1 is 1.33 bits per heavy atom. The van der Waals surface area contributed by atoms with Gasteiger partial charge in [0, 0.05) is 31.5 Å². The quantitative estimate of drug-likeness (QED) is 0.918. The van der Waals surface area contributed by atoms with Crippen LogP contribution in [-0.2, 0) is 18.4 Å². The molecule has 0 aliphatic carbocycles. The van der Waals surface area contributed by atoms with Crippen LogP contribution in [-0.4, -0.2) is 22.9 Å². The molecule has 1 fully saturated rings. The number of aromatic nitrogens is 2. The zero-order valence-electron chi connectivity index (χ0n) is 12.9. The smallest absolute Gasteiger partial charge is 0.0738 e. The van der Waals surface area contributed by atoms with Crippen molar-refractivity contribution in [3.05, 3.63) is 51.3 Å². The molecule has 112 valence electrons. The van der Waals surface area contributed by atoms with E-state index in [2.05, 4.69) is 76.1 Å². The summed E-state index contributed by atoms with van der Waals surface area (Å²) in [6.45, 7) is 9.38. The van der Waals surface area contributed by atoms with Crippen molar-refractivity contribution in [1.29, 1.82) is 0 Å². The number of benzene rings is 1. The number of hydrogen-bond acceptors (Lipinski definition) is 2. The third-order valence-electron chi connectivity index (χ3n) is 4.52. The molecule has 2 aromatic rings. The zero-order valence-corrected chi connectivity index (χ0v) is 14.5. The van der Waals surface area contributed by atoms with Gasteiger partial charge in [-0.25, -0.2) is 0 Å². The highest BCUT2D eigenvalue weighted by atomic mass is 79.9. The van der Waals surface area contributed by atoms with E-state index in [4.69, 9.17) is 0 Å². The van der Waals surface area contributed by atoms with Crippen molar-refractivity contribution in [3.8, 4) is 0 Å². The summed E-state index contributed by atoms with van der Waals surface area (Å²) in [6, 6.07) is 8.93. The molecule has 0 amide bonds. The summed E-state index contributed by atoms with van der Waals surface area (Å²) in [5, 5.41) is 8.09. The summed E-state index contributed by atoms with van der Waals surface area (Å²) in [6.07, 6.45) is 1.03. The van der Waals surface area contributed by atoms with Gasteiger partial charge in [0.15, 0.2) is 0 Å². The Morgan fingerprint density at radius 3 is 2.67 bits per heavy atom. The van der Waals surface area contributed by atoms with E-state index in [1.165, 1.54) is 21.3 Å². The Labute approximate surface area is 134 Å². The maximum atomic E-state index is 4.63. The van der Waals surface area contributed by atoms with Crippen LogP contribution in [0.25, 0.3) is 0 Å². The van der Waals surface area contributed by atoms with Crippen LogP contribution >= 0.6 is 15.9 Å². The maximum Gasteiger partial charge on any atom is 0.0738 e. The third-order valence-corrected chi connectivity index (χ3v) is 5.55. The highest BCUT2D eigenvalue weighted by molar-refractivity contribution is 9.10. The maximum absolute atomic E-state index is 4.63. The highest BCUT2D eigenvalue weighted by Gasteiger charge is 2.40. The average molecular weight is 348 g/mol. The Bertz CT molecular complexity index is 656. The van der Waals surface area contributed by atoms with Crippen molar-refractivity contribution < 1.29 is 0 Å². The lowest BCUT2D eigenvalue weighted by molar-refractivity contribution is 0.268. The van der Waals surface area contributed by atoms with E-state index >= 15 is 0 Å². The minimum atomic E-state index is 0.202. The van der Waals surface area contributed by atoms with Crippen LogP contribution in [0.5, 0.6) is 0 Å². The van der Waals surface area contributed by atoms with Gasteiger partial charge in [-0.1, -0.05) is 29.8 Å². The predicted octanol–water partition coefficient (Wildman–Crippen LogP) is 3.37. The summed E-state index contributed by atoms with van der Waals surface area (Å²) >= 11 is 3.73. The number of nitrogens with one attached hydrogen (secondary N) is 1. The number of rotatable bonds is 4. The molecule has 21 heavy (non-hydrogen) atoms. The van der Waals surface area contributed by atoms with Crippen molar-refractivity contribution in [2.45, 2.75) is 39.2 Å². The Kier molecular flexibility index (Phi) is 3.93. The third kappa shape index (κ3) is 2.55. The molecule has 1 N–H and O–H groups in total. The van der Waals surface area contributed by atoms with Gasteiger partial charge in [0.1, 0.15) is 0 Å². The van der Waals surface area contributed by atoms with Gasteiger partial charge < -0.3 is 5.32 Å². The van der Waals surface area contributed by atoms with Gasteiger partial charge in [-0.3, -0.25) is 4.68 Å². The molecule has 3 rings (SSSR count). The van der Waals surface area contributed by atoms with Crippen LogP contribution in [0.15, 0.2) is 28.7 Å². The largest absolute Gasteiger partial charge is 0.315 e. The van der Waals surface area contributed by atoms with Gasteiger partial charge in [0.2, 0.25) is 0 Å². The predicted molar refractivity (Wildman–Crippen MR) is 89.8 cm³/mol. The summed E-state index contributed by atoms with van der Waals surface area (Å²) in [5.41, 5.74) is 5.37. The molecule has 1 saturated heterocycles. The number of halogens is 1. The minimum Gasteiger partial charge on any atom is -0.315 e. The molecule has 0 atom stereocenters. The molecule has 0 unspecified atom stereocenters. The van der Waals surface area contributed by atoms with Gasteiger partial charge in [-0.15, -0.1) is 0 Å². The number of hydrogen-bond donors (Lipinski definition) is 1.